The number of nitrogens with two attached hydrogens (primary N) is 1. The highest BCUT2D eigenvalue weighted by molar-refractivity contribution is 7.99. The Hall–Kier alpha value is -1.95. The molecule has 0 radical (unpaired) electrons. The van der Waals surface area contributed by atoms with Crippen LogP contribution in [0.2, 0.25) is 0 Å². The number of hydrogen-bond donors (Lipinski definition) is 2. The molecule has 0 atom stereocenters. The van der Waals surface area contributed by atoms with Crippen molar-refractivity contribution in [3.63, 3.8) is 0 Å². The molecular weight excluding hydrogens is 222 g/mol. The first kappa shape index (κ1) is 10.6. The van der Waals surface area contributed by atoms with Gasteiger partial charge in [-0.05, 0) is 18.2 Å². The lowest BCUT2D eigenvalue weighted by atomic mass is 10.3. The lowest BCUT2D eigenvalue weighted by molar-refractivity contribution is 1.04. The van der Waals surface area contributed by atoms with Gasteiger partial charge in [-0.3, -0.25) is 10.4 Å². The number of hydrogen-bond acceptors (Lipinski definition) is 5. The highest BCUT2D eigenvalue weighted by Gasteiger charge is 2.01. The van der Waals surface area contributed by atoms with E-state index in [4.69, 9.17) is 11.1 Å². The number of aromatic nitrogens is 3. The van der Waals surface area contributed by atoms with E-state index < -0.39 is 0 Å². The van der Waals surface area contributed by atoms with Crippen LogP contribution in [0.3, 0.4) is 0 Å². The zero-order chi connectivity index (χ0) is 11.4. The van der Waals surface area contributed by atoms with Crippen molar-refractivity contribution in [2.24, 2.45) is 5.73 Å². The SMILES string of the molecule is N=C(N)c1ccc(Sc2ccncn2)cn1. The molecule has 2 rings (SSSR count). The van der Waals surface area contributed by atoms with E-state index in [1.54, 1.807) is 18.5 Å². The molecule has 0 amide bonds. The number of nitrogens with zero attached hydrogens (tertiary/aromatic N) is 3. The number of rotatable bonds is 3. The van der Waals surface area contributed by atoms with Crippen LogP contribution in [0.25, 0.3) is 0 Å². The van der Waals surface area contributed by atoms with Crippen molar-refractivity contribution in [2.75, 3.05) is 0 Å². The molecule has 3 N–H and O–H groups in total. The maximum absolute atomic E-state index is 7.21. The van der Waals surface area contributed by atoms with Crippen molar-refractivity contribution in [2.45, 2.75) is 9.92 Å². The van der Waals surface area contributed by atoms with E-state index in [1.807, 2.05) is 12.1 Å². The van der Waals surface area contributed by atoms with E-state index >= 15 is 0 Å². The normalized spacial score (nSPS) is 10.0. The van der Waals surface area contributed by atoms with Crippen molar-refractivity contribution < 1.29 is 0 Å². The van der Waals surface area contributed by atoms with Crippen LogP contribution in [0.1, 0.15) is 5.69 Å². The molecule has 0 aliphatic heterocycles. The second kappa shape index (κ2) is 4.71. The standard InChI is InChI=1S/C10H9N5S/c11-10(12)8-2-1-7(5-14-8)16-9-3-4-13-6-15-9/h1-6H,(H3,11,12). The Kier molecular flexibility index (Phi) is 3.11. The topological polar surface area (TPSA) is 88.5 Å². The van der Waals surface area contributed by atoms with Crippen LogP contribution < -0.4 is 5.73 Å². The van der Waals surface area contributed by atoms with Gasteiger partial charge < -0.3 is 5.73 Å². The maximum atomic E-state index is 7.21. The second-order valence-electron chi connectivity index (χ2n) is 2.94. The third-order valence-corrected chi connectivity index (χ3v) is 2.72. The minimum Gasteiger partial charge on any atom is -0.382 e. The van der Waals surface area contributed by atoms with Crippen molar-refractivity contribution in [1.82, 2.24) is 15.0 Å². The van der Waals surface area contributed by atoms with Gasteiger partial charge in [0.2, 0.25) is 0 Å². The third-order valence-electron chi connectivity index (χ3n) is 1.79. The van der Waals surface area contributed by atoms with Gasteiger partial charge in [0.1, 0.15) is 22.9 Å². The van der Waals surface area contributed by atoms with Gasteiger partial charge in [0, 0.05) is 17.3 Å². The molecule has 0 bridgehead atoms. The second-order valence-corrected chi connectivity index (χ2v) is 4.04. The Morgan fingerprint density at radius 1 is 1.25 bits per heavy atom. The molecule has 80 valence electrons. The van der Waals surface area contributed by atoms with Gasteiger partial charge in [-0.1, -0.05) is 11.8 Å². The summed E-state index contributed by atoms with van der Waals surface area (Å²) in [5, 5.41) is 8.07. The minimum absolute atomic E-state index is 0.0291. The molecule has 0 aliphatic carbocycles. The van der Waals surface area contributed by atoms with Gasteiger partial charge in [0.05, 0.1) is 0 Å². The summed E-state index contributed by atoms with van der Waals surface area (Å²) in [7, 11) is 0. The van der Waals surface area contributed by atoms with E-state index in [9.17, 15) is 0 Å². The molecule has 0 aromatic carbocycles. The summed E-state index contributed by atoms with van der Waals surface area (Å²) in [6.45, 7) is 0. The molecule has 0 unspecified atom stereocenters. The number of pyridine rings is 1. The zero-order valence-corrected chi connectivity index (χ0v) is 9.11. The van der Waals surface area contributed by atoms with Crippen molar-refractivity contribution in [3.05, 3.63) is 42.6 Å². The van der Waals surface area contributed by atoms with Crippen molar-refractivity contribution >= 4 is 17.6 Å². The molecule has 0 aliphatic rings. The summed E-state index contributed by atoms with van der Waals surface area (Å²) < 4.78 is 0. The van der Waals surface area contributed by atoms with Crippen LogP contribution in [-0.2, 0) is 0 Å². The molecular formula is C10H9N5S. The molecule has 0 fully saturated rings. The van der Waals surface area contributed by atoms with E-state index in [0.29, 0.717) is 5.69 Å². The average molecular weight is 231 g/mol. The Morgan fingerprint density at radius 2 is 2.12 bits per heavy atom. The Bertz CT molecular complexity index is 482. The molecule has 16 heavy (non-hydrogen) atoms. The van der Waals surface area contributed by atoms with Crippen LogP contribution in [-0.4, -0.2) is 20.8 Å². The largest absolute Gasteiger partial charge is 0.382 e. The van der Waals surface area contributed by atoms with Gasteiger partial charge in [-0.15, -0.1) is 0 Å². The molecule has 2 heterocycles. The fraction of sp³-hybridized carbons (Fsp3) is 0. The third kappa shape index (κ3) is 2.54. The smallest absolute Gasteiger partial charge is 0.141 e. The van der Waals surface area contributed by atoms with E-state index in [2.05, 4.69) is 15.0 Å². The molecule has 0 saturated carbocycles. The molecule has 2 aromatic rings. The van der Waals surface area contributed by atoms with Crippen molar-refractivity contribution in [3.8, 4) is 0 Å². The molecule has 0 spiro atoms. The van der Waals surface area contributed by atoms with Crippen molar-refractivity contribution in [1.29, 1.82) is 5.41 Å². The average Bonchev–Trinajstić information content (AvgIpc) is 2.31. The Morgan fingerprint density at radius 3 is 2.69 bits per heavy atom. The monoisotopic (exact) mass is 231 g/mol. The van der Waals surface area contributed by atoms with Crippen LogP contribution >= 0.6 is 11.8 Å². The molecule has 2 aromatic heterocycles. The summed E-state index contributed by atoms with van der Waals surface area (Å²) >= 11 is 1.48. The summed E-state index contributed by atoms with van der Waals surface area (Å²) in [6, 6.07) is 5.39. The first-order valence-electron chi connectivity index (χ1n) is 4.50. The Balaban J connectivity index is 2.14. The first-order chi connectivity index (χ1) is 7.75. The minimum atomic E-state index is -0.0291. The van der Waals surface area contributed by atoms with Crippen LogP contribution in [0.5, 0.6) is 0 Å². The highest BCUT2D eigenvalue weighted by Crippen LogP contribution is 2.24. The van der Waals surface area contributed by atoms with E-state index in [0.717, 1.165) is 9.92 Å². The lowest BCUT2D eigenvalue weighted by Gasteiger charge is -2.01. The van der Waals surface area contributed by atoms with Gasteiger partial charge >= 0.3 is 0 Å². The fourth-order valence-electron chi connectivity index (χ4n) is 1.06. The number of nitrogens with one attached hydrogen (secondary N) is 1. The van der Waals surface area contributed by atoms with E-state index in [-0.39, 0.29) is 5.84 Å². The molecule has 0 saturated heterocycles. The molecule has 6 heteroatoms. The van der Waals surface area contributed by atoms with Gasteiger partial charge in [-0.25, -0.2) is 9.97 Å². The van der Waals surface area contributed by atoms with Gasteiger partial charge in [0.25, 0.3) is 0 Å². The maximum Gasteiger partial charge on any atom is 0.141 e. The van der Waals surface area contributed by atoms with E-state index in [1.165, 1.54) is 18.1 Å². The summed E-state index contributed by atoms with van der Waals surface area (Å²) in [5.74, 6) is -0.0291. The predicted molar refractivity (Wildman–Crippen MR) is 61.4 cm³/mol. The summed E-state index contributed by atoms with van der Waals surface area (Å²) in [4.78, 5) is 12.9. The zero-order valence-electron chi connectivity index (χ0n) is 8.29. The van der Waals surface area contributed by atoms with Gasteiger partial charge in [0.15, 0.2) is 0 Å². The van der Waals surface area contributed by atoms with Gasteiger partial charge in [-0.2, -0.15) is 0 Å². The predicted octanol–water partition coefficient (Wildman–Crippen LogP) is 1.31. The fourth-order valence-corrected chi connectivity index (χ4v) is 1.77. The van der Waals surface area contributed by atoms with Crippen LogP contribution in [0.15, 0.2) is 46.8 Å². The molecule has 5 nitrogen and oxygen atoms in total. The van der Waals surface area contributed by atoms with Crippen LogP contribution in [0, 0.1) is 5.41 Å². The quantitative estimate of drug-likeness (QED) is 0.472. The number of amidine groups is 1. The lowest BCUT2D eigenvalue weighted by Crippen LogP contribution is -2.12. The summed E-state index contributed by atoms with van der Waals surface area (Å²) in [5.41, 5.74) is 5.79. The number of nitrogen functional groups attached to an aromatic ring is 1. The highest BCUT2D eigenvalue weighted by atomic mass is 32.2. The Labute approximate surface area is 96.7 Å². The first-order valence-corrected chi connectivity index (χ1v) is 5.31. The summed E-state index contributed by atoms with van der Waals surface area (Å²) in [6.07, 6.45) is 4.86. The van der Waals surface area contributed by atoms with Crippen LogP contribution in [0.4, 0.5) is 0 Å².